The SMILES string of the molecule is CN(C)S(=O)(=O)c1ccc(NC(=O)N2CCCCCC2)cc1. The van der Waals surface area contributed by atoms with Crippen molar-refractivity contribution in [2.45, 2.75) is 30.6 Å². The Morgan fingerprint density at radius 3 is 2.09 bits per heavy atom. The third-order valence-corrected chi connectivity index (χ3v) is 5.61. The van der Waals surface area contributed by atoms with Crippen molar-refractivity contribution in [1.82, 2.24) is 9.21 Å². The van der Waals surface area contributed by atoms with Gasteiger partial charge in [-0.3, -0.25) is 0 Å². The van der Waals surface area contributed by atoms with Crippen molar-refractivity contribution >= 4 is 21.7 Å². The van der Waals surface area contributed by atoms with E-state index in [-0.39, 0.29) is 10.9 Å². The molecule has 2 rings (SSSR count). The first-order chi connectivity index (χ1) is 10.4. The van der Waals surface area contributed by atoms with E-state index in [1.165, 1.54) is 39.1 Å². The minimum atomic E-state index is -3.44. The van der Waals surface area contributed by atoms with Gasteiger partial charge >= 0.3 is 6.03 Å². The summed E-state index contributed by atoms with van der Waals surface area (Å²) in [5.74, 6) is 0. The number of sulfonamides is 1. The van der Waals surface area contributed by atoms with Crippen LogP contribution >= 0.6 is 0 Å². The van der Waals surface area contributed by atoms with Crippen LogP contribution in [0.4, 0.5) is 10.5 Å². The van der Waals surface area contributed by atoms with Crippen molar-refractivity contribution in [1.29, 1.82) is 0 Å². The van der Waals surface area contributed by atoms with E-state index in [9.17, 15) is 13.2 Å². The standard InChI is InChI=1S/C15H23N3O3S/c1-17(2)22(20,21)14-9-7-13(8-10-14)16-15(19)18-11-5-3-4-6-12-18/h7-10H,3-6,11-12H2,1-2H3,(H,16,19). The fourth-order valence-electron chi connectivity index (χ4n) is 2.40. The van der Waals surface area contributed by atoms with Gasteiger partial charge in [0, 0.05) is 32.9 Å². The molecule has 0 unspecified atom stereocenters. The zero-order chi connectivity index (χ0) is 16.2. The second-order valence-electron chi connectivity index (χ2n) is 5.64. The van der Waals surface area contributed by atoms with Gasteiger partial charge in [0.25, 0.3) is 0 Å². The predicted molar refractivity (Wildman–Crippen MR) is 86.4 cm³/mol. The predicted octanol–water partition coefficient (Wildman–Crippen LogP) is 2.34. The van der Waals surface area contributed by atoms with Crippen LogP contribution in [0.3, 0.4) is 0 Å². The number of rotatable bonds is 3. The third-order valence-electron chi connectivity index (χ3n) is 3.78. The average Bonchev–Trinajstić information content (AvgIpc) is 2.76. The first-order valence-electron chi connectivity index (χ1n) is 7.50. The third kappa shape index (κ3) is 3.98. The van der Waals surface area contributed by atoms with E-state index in [1.807, 2.05) is 4.90 Å². The molecule has 7 heteroatoms. The van der Waals surface area contributed by atoms with Crippen molar-refractivity contribution in [3.8, 4) is 0 Å². The lowest BCUT2D eigenvalue weighted by atomic mass is 10.2. The Morgan fingerprint density at radius 2 is 1.59 bits per heavy atom. The molecule has 6 nitrogen and oxygen atoms in total. The normalized spacial score (nSPS) is 16.4. The van der Waals surface area contributed by atoms with Crippen LogP contribution in [0.15, 0.2) is 29.2 Å². The minimum Gasteiger partial charge on any atom is -0.325 e. The molecule has 122 valence electrons. The Labute approximate surface area is 132 Å². The van der Waals surface area contributed by atoms with Gasteiger partial charge in [0.1, 0.15) is 0 Å². The van der Waals surface area contributed by atoms with Crippen molar-refractivity contribution in [2.75, 3.05) is 32.5 Å². The number of hydrogen-bond donors (Lipinski definition) is 1. The molecule has 1 aromatic carbocycles. The van der Waals surface area contributed by atoms with Crippen LogP contribution in [0.25, 0.3) is 0 Å². The molecule has 0 spiro atoms. The molecule has 0 aliphatic carbocycles. The number of carbonyl (C=O) groups is 1. The Bertz CT molecular complexity index is 603. The number of hydrogen-bond acceptors (Lipinski definition) is 3. The van der Waals surface area contributed by atoms with Crippen molar-refractivity contribution in [3.63, 3.8) is 0 Å². The van der Waals surface area contributed by atoms with E-state index in [4.69, 9.17) is 0 Å². The van der Waals surface area contributed by atoms with Crippen molar-refractivity contribution in [2.24, 2.45) is 0 Å². The fraction of sp³-hybridized carbons (Fsp3) is 0.533. The number of urea groups is 1. The summed E-state index contributed by atoms with van der Waals surface area (Å²) >= 11 is 0. The maximum absolute atomic E-state index is 12.2. The smallest absolute Gasteiger partial charge is 0.321 e. The molecular weight excluding hydrogens is 302 g/mol. The molecule has 0 bridgehead atoms. The molecule has 0 radical (unpaired) electrons. The summed E-state index contributed by atoms with van der Waals surface area (Å²) in [5, 5.41) is 2.83. The second kappa shape index (κ2) is 7.11. The molecule has 1 heterocycles. The minimum absolute atomic E-state index is 0.120. The Balaban J connectivity index is 2.03. The molecule has 0 aromatic heterocycles. The lowest BCUT2D eigenvalue weighted by Gasteiger charge is -2.21. The van der Waals surface area contributed by atoms with Gasteiger partial charge < -0.3 is 10.2 Å². The van der Waals surface area contributed by atoms with E-state index < -0.39 is 10.0 Å². The Kier molecular flexibility index (Phi) is 5.42. The largest absolute Gasteiger partial charge is 0.325 e. The monoisotopic (exact) mass is 325 g/mol. The quantitative estimate of drug-likeness (QED) is 0.927. The summed E-state index contributed by atoms with van der Waals surface area (Å²) < 4.78 is 25.1. The number of nitrogens with zero attached hydrogens (tertiary/aromatic N) is 2. The lowest BCUT2D eigenvalue weighted by molar-refractivity contribution is 0.214. The van der Waals surface area contributed by atoms with Gasteiger partial charge in [-0.1, -0.05) is 12.8 Å². The molecule has 22 heavy (non-hydrogen) atoms. The van der Waals surface area contributed by atoms with Crippen LogP contribution in [-0.2, 0) is 10.0 Å². The summed E-state index contributed by atoms with van der Waals surface area (Å²) in [5.41, 5.74) is 0.604. The lowest BCUT2D eigenvalue weighted by Crippen LogP contribution is -2.35. The van der Waals surface area contributed by atoms with Crippen molar-refractivity contribution < 1.29 is 13.2 Å². The van der Waals surface area contributed by atoms with Gasteiger partial charge in [0.15, 0.2) is 0 Å². The first kappa shape index (κ1) is 16.8. The van der Waals surface area contributed by atoms with Gasteiger partial charge in [-0.15, -0.1) is 0 Å². The van der Waals surface area contributed by atoms with Crippen LogP contribution in [0.2, 0.25) is 0 Å². The second-order valence-corrected chi connectivity index (χ2v) is 7.80. The number of carbonyl (C=O) groups excluding carboxylic acids is 1. The molecule has 1 aliphatic rings. The topological polar surface area (TPSA) is 69.7 Å². The zero-order valence-electron chi connectivity index (χ0n) is 13.1. The number of anilines is 1. The maximum Gasteiger partial charge on any atom is 0.321 e. The van der Waals surface area contributed by atoms with Crippen LogP contribution in [0.1, 0.15) is 25.7 Å². The van der Waals surface area contributed by atoms with Crippen LogP contribution in [0.5, 0.6) is 0 Å². The Morgan fingerprint density at radius 1 is 1.05 bits per heavy atom. The van der Waals surface area contributed by atoms with Crippen molar-refractivity contribution in [3.05, 3.63) is 24.3 Å². The number of benzene rings is 1. The highest BCUT2D eigenvalue weighted by Gasteiger charge is 2.18. The number of amides is 2. The zero-order valence-corrected chi connectivity index (χ0v) is 13.9. The molecule has 2 amide bonds. The highest BCUT2D eigenvalue weighted by Crippen LogP contribution is 2.17. The molecule has 0 saturated carbocycles. The van der Waals surface area contributed by atoms with E-state index in [1.54, 1.807) is 12.1 Å². The summed E-state index contributed by atoms with van der Waals surface area (Å²) in [7, 11) is -0.456. The Hall–Kier alpha value is -1.60. The van der Waals surface area contributed by atoms with E-state index in [2.05, 4.69) is 5.32 Å². The maximum atomic E-state index is 12.2. The highest BCUT2D eigenvalue weighted by molar-refractivity contribution is 7.89. The molecule has 0 atom stereocenters. The van der Waals surface area contributed by atoms with Gasteiger partial charge in [-0.25, -0.2) is 17.5 Å². The van der Waals surface area contributed by atoms with E-state index in [0.29, 0.717) is 5.69 Å². The summed E-state index contributed by atoms with van der Waals surface area (Å²) in [4.78, 5) is 14.2. The van der Waals surface area contributed by atoms with Crippen LogP contribution in [0, 0.1) is 0 Å². The van der Waals surface area contributed by atoms with E-state index in [0.717, 1.165) is 30.2 Å². The van der Waals surface area contributed by atoms with E-state index >= 15 is 0 Å². The molecule has 1 saturated heterocycles. The number of likely N-dealkylation sites (tertiary alicyclic amines) is 1. The molecule has 1 aromatic rings. The fourth-order valence-corrected chi connectivity index (χ4v) is 3.30. The molecular formula is C15H23N3O3S. The summed E-state index contributed by atoms with van der Waals surface area (Å²) in [6.45, 7) is 1.55. The molecule has 1 aliphatic heterocycles. The van der Waals surface area contributed by atoms with Gasteiger partial charge in [-0.2, -0.15) is 0 Å². The molecule has 1 N–H and O–H groups in total. The highest BCUT2D eigenvalue weighted by atomic mass is 32.2. The number of nitrogens with one attached hydrogen (secondary N) is 1. The summed E-state index contributed by atoms with van der Waals surface area (Å²) in [6.07, 6.45) is 4.41. The van der Waals surface area contributed by atoms with Crippen LogP contribution in [-0.4, -0.2) is 50.8 Å². The van der Waals surface area contributed by atoms with Gasteiger partial charge in [0.05, 0.1) is 4.90 Å². The van der Waals surface area contributed by atoms with Gasteiger partial charge in [-0.05, 0) is 37.1 Å². The summed E-state index contributed by atoms with van der Waals surface area (Å²) in [6, 6.07) is 6.13. The first-order valence-corrected chi connectivity index (χ1v) is 8.94. The van der Waals surface area contributed by atoms with Gasteiger partial charge in [0.2, 0.25) is 10.0 Å². The molecule has 1 fully saturated rings. The average molecular weight is 325 g/mol. The van der Waals surface area contributed by atoms with Crippen LogP contribution < -0.4 is 5.32 Å².